The maximum absolute atomic E-state index is 13.3. The van der Waals surface area contributed by atoms with Crippen molar-refractivity contribution in [2.75, 3.05) is 41.3 Å². The summed E-state index contributed by atoms with van der Waals surface area (Å²) in [7, 11) is 1.78. The number of amides is 1. The lowest BCUT2D eigenvalue weighted by Gasteiger charge is -2.37. The van der Waals surface area contributed by atoms with E-state index in [1.807, 2.05) is 50.2 Å². The zero-order chi connectivity index (χ0) is 27.7. The standard InChI is InChI=1S/C31H33N5O3/c1-20-16-21(2)32-28(17-20)36-14-12-35(13-15-36)26-11-10-24(19-27(26)37)33-31(39)30(38)29-25(18-22(3)34(29)4)23-8-6-5-7-9-23/h5-11,16-19,37H,12-15H2,1-4H3,(H,33,39). The lowest BCUT2D eigenvalue weighted by molar-refractivity contribution is -0.112. The molecule has 2 aromatic heterocycles. The van der Waals surface area contributed by atoms with E-state index in [4.69, 9.17) is 0 Å². The normalized spacial score (nSPS) is 13.4. The Morgan fingerprint density at radius 3 is 2.23 bits per heavy atom. The monoisotopic (exact) mass is 523 g/mol. The van der Waals surface area contributed by atoms with Crippen LogP contribution in [-0.2, 0) is 11.8 Å². The number of ketones is 1. The number of nitrogens with one attached hydrogen (secondary N) is 1. The number of benzene rings is 2. The highest BCUT2D eigenvalue weighted by atomic mass is 16.3. The molecule has 1 fully saturated rings. The molecule has 8 nitrogen and oxygen atoms in total. The summed E-state index contributed by atoms with van der Waals surface area (Å²) < 4.78 is 1.73. The van der Waals surface area contributed by atoms with E-state index in [0.717, 1.165) is 48.9 Å². The Morgan fingerprint density at radius 1 is 0.872 bits per heavy atom. The number of rotatable bonds is 6. The van der Waals surface area contributed by atoms with Crippen LogP contribution in [0.4, 0.5) is 17.2 Å². The number of aryl methyl sites for hydroxylation is 3. The van der Waals surface area contributed by atoms with Gasteiger partial charge < -0.3 is 24.8 Å². The molecule has 2 N–H and O–H groups in total. The van der Waals surface area contributed by atoms with Crippen LogP contribution in [0.2, 0.25) is 0 Å². The van der Waals surface area contributed by atoms with Crippen LogP contribution in [0.3, 0.4) is 0 Å². The molecule has 0 bridgehead atoms. The fraction of sp³-hybridized carbons (Fsp3) is 0.258. The first-order valence-electron chi connectivity index (χ1n) is 13.1. The highest BCUT2D eigenvalue weighted by Crippen LogP contribution is 2.32. The fourth-order valence-corrected chi connectivity index (χ4v) is 5.17. The van der Waals surface area contributed by atoms with Crippen molar-refractivity contribution in [2.24, 2.45) is 7.05 Å². The van der Waals surface area contributed by atoms with E-state index in [-0.39, 0.29) is 5.75 Å². The largest absolute Gasteiger partial charge is 0.506 e. The number of hydrogen-bond acceptors (Lipinski definition) is 6. The summed E-state index contributed by atoms with van der Waals surface area (Å²) in [5, 5.41) is 13.5. The molecule has 3 heterocycles. The molecule has 0 atom stereocenters. The number of phenols is 1. The van der Waals surface area contributed by atoms with Crippen LogP contribution in [0.15, 0.2) is 66.7 Å². The van der Waals surface area contributed by atoms with Crippen LogP contribution in [0.5, 0.6) is 5.75 Å². The lowest BCUT2D eigenvalue weighted by atomic mass is 10.0. The van der Waals surface area contributed by atoms with Gasteiger partial charge in [0.2, 0.25) is 0 Å². The number of aromatic hydroxyl groups is 1. The number of piperazine rings is 1. The Morgan fingerprint density at radius 2 is 1.56 bits per heavy atom. The topological polar surface area (TPSA) is 90.7 Å². The van der Waals surface area contributed by atoms with Crippen molar-refractivity contribution < 1.29 is 14.7 Å². The van der Waals surface area contributed by atoms with E-state index in [2.05, 4.69) is 39.2 Å². The van der Waals surface area contributed by atoms with Crippen molar-refractivity contribution in [2.45, 2.75) is 20.8 Å². The van der Waals surface area contributed by atoms with Gasteiger partial charge in [0.05, 0.1) is 5.69 Å². The molecule has 1 aliphatic heterocycles. The van der Waals surface area contributed by atoms with E-state index in [9.17, 15) is 14.7 Å². The highest BCUT2D eigenvalue weighted by molar-refractivity contribution is 6.47. The lowest BCUT2D eigenvalue weighted by Crippen LogP contribution is -2.46. The predicted molar refractivity (Wildman–Crippen MR) is 155 cm³/mol. The summed E-state index contributed by atoms with van der Waals surface area (Å²) in [5.41, 5.74) is 6.02. The van der Waals surface area contributed by atoms with Crippen LogP contribution in [0.1, 0.15) is 27.4 Å². The summed E-state index contributed by atoms with van der Waals surface area (Å²) in [6, 6.07) is 20.6. The van der Waals surface area contributed by atoms with Gasteiger partial charge in [-0.1, -0.05) is 30.3 Å². The Bertz CT molecular complexity index is 1520. The van der Waals surface area contributed by atoms with Crippen LogP contribution >= 0.6 is 0 Å². The minimum atomic E-state index is -0.755. The molecule has 0 saturated carbocycles. The van der Waals surface area contributed by atoms with Crippen molar-refractivity contribution >= 4 is 28.9 Å². The fourth-order valence-electron chi connectivity index (χ4n) is 5.17. The van der Waals surface area contributed by atoms with Gasteiger partial charge in [-0.05, 0) is 62.2 Å². The van der Waals surface area contributed by atoms with E-state index >= 15 is 0 Å². The second-order valence-corrected chi connectivity index (χ2v) is 10.1. The Hall–Kier alpha value is -4.59. The van der Waals surface area contributed by atoms with Gasteiger partial charge in [0.15, 0.2) is 0 Å². The Balaban J connectivity index is 1.27. The van der Waals surface area contributed by atoms with Crippen LogP contribution in [-0.4, -0.2) is 52.5 Å². The molecule has 0 unspecified atom stereocenters. The van der Waals surface area contributed by atoms with Crippen LogP contribution in [0, 0.1) is 20.8 Å². The summed E-state index contributed by atoms with van der Waals surface area (Å²) >= 11 is 0. The average Bonchev–Trinajstić information content (AvgIpc) is 3.22. The smallest absolute Gasteiger partial charge is 0.298 e. The van der Waals surface area contributed by atoms with E-state index in [1.165, 1.54) is 11.6 Å². The number of hydrogen-bond donors (Lipinski definition) is 2. The molecule has 0 spiro atoms. The first kappa shape index (κ1) is 26.0. The first-order chi connectivity index (χ1) is 18.7. The Kier molecular flexibility index (Phi) is 7.11. The van der Waals surface area contributed by atoms with Crippen LogP contribution in [0.25, 0.3) is 11.1 Å². The van der Waals surface area contributed by atoms with Gasteiger partial charge in [0.25, 0.3) is 11.7 Å². The molecular formula is C31H33N5O3. The van der Waals surface area contributed by atoms with Crippen molar-refractivity contribution in [3.05, 3.63) is 89.4 Å². The number of anilines is 3. The molecule has 2 aromatic carbocycles. The summed E-state index contributed by atoms with van der Waals surface area (Å²) in [6.45, 7) is 8.98. The maximum Gasteiger partial charge on any atom is 0.298 e. The minimum Gasteiger partial charge on any atom is -0.506 e. The third-order valence-electron chi connectivity index (χ3n) is 7.24. The zero-order valence-electron chi connectivity index (χ0n) is 22.7. The number of aromatic nitrogens is 2. The van der Waals surface area contributed by atoms with Gasteiger partial charge in [-0.3, -0.25) is 9.59 Å². The molecule has 5 rings (SSSR count). The molecule has 8 heteroatoms. The van der Waals surface area contributed by atoms with Gasteiger partial charge >= 0.3 is 0 Å². The summed E-state index contributed by atoms with van der Waals surface area (Å²) in [6.07, 6.45) is 0. The van der Waals surface area contributed by atoms with Crippen molar-refractivity contribution in [1.82, 2.24) is 9.55 Å². The zero-order valence-corrected chi connectivity index (χ0v) is 22.7. The van der Waals surface area contributed by atoms with E-state index in [1.54, 1.807) is 23.7 Å². The molecule has 0 aliphatic carbocycles. The van der Waals surface area contributed by atoms with E-state index < -0.39 is 11.7 Å². The van der Waals surface area contributed by atoms with Crippen LogP contribution < -0.4 is 15.1 Å². The summed E-state index contributed by atoms with van der Waals surface area (Å²) in [4.78, 5) is 35.3. The van der Waals surface area contributed by atoms with Gasteiger partial charge in [-0.15, -0.1) is 0 Å². The second-order valence-electron chi connectivity index (χ2n) is 10.1. The molecule has 0 radical (unpaired) electrons. The third kappa shape index (κ3) is 5.36. The highest BCUT2D eigenvalue weighted by Gasteiger charge is 2.26. The number of carbonyl (C=O) groups excluding carboxylic acids is 2. The molecule has 1 aliphatic rings. The maximum atomic E-state index is 13.3. The van der Waals surface area contributed by atoms with Crippen molar-refractivity contribution in [3.8, 4) is 16.9 Å². The SMILES string of the molecule is Cc1cc(C)nc(N2CCN(c3ccc(NC(=O)C(=O)c4c(-c5ccccc5)cc(C)n4C)cc3O)CC2)c1. The number of carbonyl (C=O) groups is 2. The van der Waals surface area contributed by atoms with Crippen molar-refractivity contribution in [1.29, 1.82) is 0 Å². The average molecular weight is 524 g/mol. The van der Waals surface area contributed by atoms with Gasteiger partial charge in [0, 0.05) is 61.9 Å². The number of phenolic OH excluding ortho intramolecular Hbond substituents is 1. The number of nitrogens with zero attached hydrogens (tertiary/aromatic N) is 4. The summed E-state index contributed by atoms with van der Waals surface area (Å²) in [5.74, 6) is -0.361. The molecular weight excluding hydrogens is 490 g/mol. The molecule has 1 amide bonds. The number of pyridine rings is 1. The molecule has 4 aromatic rings. The minimum absolute atomic E-state index is 0.0536. The first-order valence-corrected chi connectivity index (χ1v) is 13.1. The van der Waals surface area contributed by atoms with Crippen molar-refractivity contribution in [3.63, 3.8) is 0 Å². The van der Waals surface area contributed by atoms with Gasteiger partial charge in [0.1, 0.15) is 17.3 Å². The van der Waals surface area contributed by atoms with Gasteiger partial charge in [-0.25, -0.2) is 4.98 Å². The van der Waals surface area contributed by atoms with Gasteiger partial charge in [-0.2, -0.15) is 0 Å². The quantitative estimate of drug-likeness (QED) is 0.277. The third-order valence-corrected chi connectivity index (χ3v) is 7.24. The molecule has 200 valence electrons. The Labute approximate surface area is 228 Å². The molecule has 39 heavy (non-hydrogen) atoms. The predicted octanol–water partition coefficient (Wildman–Crippen LogP) is 4.87. The number of Topliss-reactive ketones (excluding diaryl/α,β-unsaturated/α-hetero) is 1. The molecule has 1 saturated heterocycles. The second kappa shape index (κ2) is 10.6. The van der Waals surface area contributed by atoms with E-state index in [0.29, 0.717) is 22.6 Å².